The lowest BCUT2D eigenvalue weighted by Crippen LogP contribution is -2.08. The molecule has 1 saturated heterocycles. The summed E-state index contributed by atoms with van der Waals surface area (Å²) in [5, 5.41) is 0. The second kappa shape index (κ2) is 4.23. The molecule has 13 heavy (non-hydrogen) atoms. The molecule has 0 bridgehead atoms. The highest BCUT2D eigenvalue weighted by Gasteiger charge is 2.13. The van der Waals surface area contributed by atoms with Gasteiger partial charge in [0.05, 0.1) is 18.3 Å². The van der Waals surface area contributed by atoms with Crippen LogP contribution in [0.4, 0.5) is 0 Å². The molecule has 0 radical (unpaired) electrons. The van der Waals surface area contributed by atoms with Crippen molar-refractivity contribution in [3.63, 3.8) is 0 Å². The molecule has 1 fully saturated rings. The molecule has 0 saturated carbocycles. The second-order valence-electron chi connectivity index (χ2n) is 3.25. The monoisotopic (exact) mass is 178 g/mol. The summed E-state index contributed by atoms with van der Waals surface area (Å²) in [6, 6.07) is 3.96. The fourth-order valence-corrected chi connectivity index (χ4v) is 1.48. The van der Waals surface area contributed by atoms with Gasteiger partial charge in [-0.25, -0.2) is 0 Å². The number of aliphatic imine (C=N–C) groups is 1. The van der Waals surface area contributed by atoms with Gasteiger partial charge in [-0.3, -0.25) is 4.99 Å². The molecule has 1 aliphatic heterocycles. The van der Waals surface area contributed by atoms with Crippen LogP contribution in [0.1, 0.15) is 18.5 Å². The standard InChI is InChI=1S/C10H14N2O/c1-3-9(12-5-1)7-11-8-10-4-2-6-13-10/h1,3,5,7,10,12H,2,4,6,8H2/t10-/m0/s1. The molecule has 1 aromatic rings. The van der Waals surface area contributed by atoms with Gasteiger partial charge in [0.25, 0.3) is 0 Å². The fraction of sp³-hybridized carbons (Fsp3) is 0.500. The van der Waals surface area contributed by atoms with Crippen molar-refractivity contribution in [2.24, 2.45) is 4.99 Å². The molecule has 70 valence electrons. The minimum absolute atomic E-state index is 0.353. The summed E-state index contributed by atoms with van der Waals surface area (Å²) >= 11 is 0. The predicted octanol–water partition coefficient (Wildman–Crippen LogP) is 1.61. The topological polar surface area (TPSA) is 37.4 Å². The number of hydrogen-bond acceptors (Lipinski definition) is 2. The van der Waals surface area contributed by atoms with Crippen molar-refractivity contribution < 1.29 is 4.74 Å². The van der Waals surface area contributed by atoms with Crippen molar-refractivity contribution in [1.29, 1.82) is 0 Å². The Hall–Kier alpha value is -1.09. The zero-order chi connectivity index (χ0) is 8.93. The fourth-order valence-electron chi connectivity index (χ4n) is 1.48. The highest BCUT2D eigenvalue weighted by atomic mass is 16.5. The number of aromatic nitrogens is 1. The highest BCUT2D eigenvalue weighted by Crippen LogP contribution is 2.11. The van der Waals surface area contributed by atoms with Gasteiger partial charge >= 0.3 is 0 Å². The van der Waals surface area contributed by atoms with E-state index in [9.17, 15) is 0 Å². The van der Waals surface area contributed by atoms with Gasteiger partial charge in [-0.05, 0) is 25.0 Å². The average Bonchev–Trinajstić information content (AvgIpc) is 2.75. The predicted molar refractivity (Wildman–Crippen MR) is 52.2 cm³/mol. The van der Waals surface area contributed by atoms with E-state index in [-0.39, 0.29) is 0 Å². The number of rotatable bonds is 3. The first-order valence-corrected chi connectivity index (χ1v) is 4.70. The second-order valence-corrected chi connectivity index (χ2v) is 3.25. The molecule has 2 heterocycles. The Bertz CT molecular complexity index is 260. The number of nitrogens with zero attached hydrogens (tertiary/aromatic N) is 1. The lowest BCUT2D eigenvalue weighted by Gasteiger charge is -2.03. The average molecular weight is 178 g/mol. The van der Waals surface area contributed by atoms with E-state index in [0.29, 0.717) is 6.10 Å². The molecule has 0 amide bonds. The van der Waals surface area contributed by atoms with Gasteiger partial charge in [-0.15, -0.1) is 0 Å². The SMILES string of the molecule is C(=NC[C@@H]1CCCO1)c1ccc[nH]1. The van der Waals surface area contributed by atoms with E-state index in [0.717, 1.165) is 25.3 Å². The summed E-state index contributed by atoms with van der Waals surface area (Å²) in [5.41, 5.74) is 1.05. The Balaban J connectivity index is 1.78. The van der Waals surface area contributed by atoms with Gasteiger partial charge in [-0.2, -0.15) is 0 Å². The first-order chi connectivity index (χ1) is 6.45. The minimum Gasteiger partial charge on any atom is -0.376 e. The molecular formula is C10H14N2O. The molecular weight excluding hydrogens is 164 g/mol. The van der Waals surface area contributed by atoms with E-state index in [1.807, 2.05) is 24.5 Å². The summed E-state index contributed by atoms with van der Waals surface area (Å²) in [6.07, 6.45) is 6.45. The van der Waals surface area contributed by atoms with Gasteiger partial charge in [0.2, 0.25) is 0 Å². The normalized spacial score (nSPS) is 22.9. The van der Waals surface area contributed by atoms with Crippen molar-refractivity contribution in [2.75, 3.05) is 13.2 Å². The number of H-pyrrole nitrogens is 1. The maximum absolute atomic E-state index is 5.45. The number of nitrogens with one attached hydrogen (secondary N) is 1. The smallest absolute Gasteiger partial charge is 0.0771 e. The van der Waals surface area contributed by atoms with Crippen molar-refractivity contribution in [1.82, 2.24) is 4.98 Å². The maximum atomic E-state index is 5.45. The van der Waals surface area contributed by atoms with E-state index in [1.54, 1.807) is 0 Å². The third-order valence-electron chi connectivity index (χ3n) is 2.19. The van der Waals surface area contributed by atoms with Gasteiger partial charge in [0.15, 0.2) is 0 Å². The Morgan fingerprint density at radius 2 is 2.69 bits per heavy atom. The van der Waals surface area contributed by atoms with Gasteiger partial charge in [0.1, 0.15) is 0 Å². The summed E-state index contributed by atoms with van der Waals surface area (Å²) in [4.78, 5) is 7.39. The Labute approximate surface area is 77.8 Å². The van der Waals surface area contributed by atoms with Gasteiger partial charge in [0, 0.05) is 19.0 Å². The molecule has 1 aliphatic rings. The van der Waals surface area contributed by atoms with Crippen LogP contribution < -0.4 is 0 Å². The van der Waals surface area contributed by atoms with Crippen LogP contribution >= 0.6 is 0 Å². The molecule has 1 atom stereocenters. The molecule has 2 rings (SSSR count). The number of ether oxygens (including phenoxy) is 1. The van der Waals surface area contributed by atoms with Crippen LogP contribution in [0.25, 0.3) is 0 Å². The van der Waals surface area contributed by atoms with E-state index >= 15 is 0 Å². The maximum Gasteiger partial charge on any atom is 0.0771 e. The number of aromatic amines is 1. The van der Waals surface area contributed by atoms with Crippen molar-refractivity contribution in [3.8, 4) is 0 Å². The van der Waals surface area contributed by atoms with Crippen LogP contribution in [-0.4, -0.2) is 30.5 Å². The zero-order valence-electron chi connectivity index (χ0n) is 7.57. The van der Waals surface area contributed by atoms with Crippen LogP contribution in [0.3, 0.4) is 0 Å². The summed E-state index contributed by atoms with van der Waals surface area (Å²) in [6.45, 7) is 1.70. The van der Waals surface area contributed by atoms with Crippen molar-refractivity contribution in [3.05, 3.63) is 24.0 Å². The van der Waals surface area contributed by atoms with E-state index in [2.05, 4.69) is 9.98 Å². The molecule has 1 aromatic heterocycles. The molecule has 3 heteroatoms. The molecule has 0 spiro atoms. The molecule has 0 unspecified atom stereocenters. The van der Waals surface area contributed by atoms with Crippen LogP contribution in [0.15, 0.2) is 23.3 Å². The van der Waals surface area contributed by atoms with Crippen LogP contribution in [0.2, 0.25) is 0 Å². The Kier molecular flexibility index (Phi) is 2.77. The van der Waals surface area contributed by atoms with Gasteiger partial charge < -0.3 is 9.72 Å². The molecule has 3 nitrogen and oxygen atoms in total. The number of hydrogen-bond donors (Lipinski definition) is 1. The largest absolute Gasteiger partial charge is 0.376 e. The lowest BCUT2D eigenvalue weighted by atomic mass is 10.2. The van der Waals surface area contributed by atoms with Crippen LogP contribution in [0.5, 0.6) is 0 Å². The Morgan fingerprint density at radius 3 is 3.38 bits per heavy atom. The molecule has 0 aromatic carbocycles. The van der Waals surface area contributed by atoms with Gasteiger partial charge in [-0.1, -0.05) is 0 Å². The highest BCUT2D eigenvalue weighted by molar-refractivity contribution is 5.76. The summed E-state index contributed by atoms with van der Waals surface area (Å²) < 4.78 is 5.45. The van der Waals surface area contributed by atoms with Crippen LogP contribution in [0, 0.1) is 0 Å². The first kappa shape index (κ1) is 8.51. The molecule has 0 aliphatic carbocycles. The molecule has 1 N–H and O–H groups in total. The third-order valence-corrected chi connectivity index (χ3v) is 2.19. The Morgan fingerprint density at radius 1 is 1.69 bits per heavy atom. The van der Waals surface area contributed by atoms with E-state index < -0.39 is 0 Å². The summed E-state index contributed by atoms with van der Waals surface area (Å²) in [5.74, 6) is 0. The van der Waals surface area contributed by atoms with Crippen LogP contribution in [-0.2, 0) is 4.74 Å². The lowest BCUT2D eigenvalue weighted by molar-refractivity contribution is 0.118. The van der Waals surface area contributed by atoms with Crippen molar-refractivity contribution >= 4 is 6.21 Å². The third kappa shape index (κ3) is 2.42. The first-order valence-electron chi connectivity index (χ1n) is 4.70. The van der Waals surface area contributed by atoms with E-state index in [1.165, 1.54) is 6.42 Å². The van der Waals surface area contributed by atoms with E-state index in [4.69, 9.17) is 4.74 Å². The summed E-state index contributed by atoms with van der Waals surface area (Å²) in [7, 11) is 0. The zero-order valence-corrected chi connectivity index (χ0v) is 7.57. The quantitative estimate of drug-likeness (QED) is 0.701. The van der Waals surface area contributed by atoms with Crippen molar-refractivity contribution in [2.45, 2.75) is 18.9 Å². The minimum atomic E-state index is 0.353.